The van der Waals surface area contributed by atoms with Crippen LogP contribution in [0.15, 0.2) is 182 Å². The van der Waals surface area contributed by atoms with E-state index in [0.717, 1.165) is 44.9 Å². The molecule has 7 N–H and O–H groups in total. The Bertz CT molecular complexity index is 1960. The molecule has 6 aromatic rings. The van der Waals surface area contributed by atoms with Gasteiger partial charge in [0.25, 0.3) is 0 Å². The summed E-state index contributed by atoms with van der Waals surface area (Å²) in [5, 5.41) is 0.277. The van der Waals surface area contributed by atoms with Gasteiger partial charge in [-0.2, -0.15) is 0 Å². The molecular weight excluding hydrogens is 861 g/mol. The molecule has 0 radical (unpaired) electrons. The normalized spacial score (nSPS) is 12.7. The minimum atomic E-state index is -4.93. The summed E-state index contributed by atoms with van der Waals surface area (Å²) in [6.07, 6.45) is 13.8. The van der Waals surface area contributed by atoms with Gasteiger partial charge in [0, 0.05) is 0 Å². The van der Waals surface area contributed by atoms with Crippen molar-refractivity contribution in [1.82, 2.24) is 0 Å². The molecule has 9 nitrogen and oxygen atoms in total. The fraction of sp³-hybridized carbons (Fsp3) is 0.308. The number of rotatable bonds is 23. The van der Waals surface area contributed by atoms with Gasteiger partial charge < -0.3 is 0 Å². The summed E-state index contributed by atoms with van der Waals surface area (Å²) in [6.45, 7) is 2.22. The standard InChI is InChI=1S/2C20H29O3P.C12H13O3P/c1-2-3-4-5-6-13-18-24(21,22-19-14-9-7-10-15-19)23-20-16-11-8-12-17-20;21-24(22,23)17-11-3-1-2-10-16-20(18-12-6-4-7-13-18)19-14-8-5-9-15-19;13-16(14,15,11-7-3-1-4-8-11)12-9-5-2-6-10-12/h7-12,14-17,21,24H,2-6,13,18H2,1H3;4-9,12-15,20-24H,1-3,10-11,16-17H2;1-10,13-15H. The maximum absolute atomic E-state index is 11.0. The van der Waals surface area contributed by atoms with E-state index in [0.29, 0.717) is 30.0 Å². The Morgan fingerprint density at radius 1 is 0.406 bits per heavy atom. The molecule has 0 fully saturated rings. The van der Waals surface area contributed by atoms with Gasteiger partial charge in [-0.05, 0) is 0 Å². The van der Waals surface area contributed by atoms with Crippen molar-refractivity contribution >= 4 is 33.8 Å². The Kier molecular flexibility index (Phi) is 22.5. The zero-order chi connectivity index (χ0) is 46.0. The van der Waals surface area contributed by atoms with Crippen LogP contribution in [0.25, 0.3) is 0 Å². The molecule has 64 heavy (non-hydrogen) atoms. The summed E-state index contributed by atoms with van der Waals surface area (Å²) in [5.41, 5.74) is 2.72. The van der Waals surface area contributed by atoms with Crippen LogP contribution in [0.1, 0.15) is 101 Å². The van der Waals surface area contributed by atoms with Crippen LogP contribution in [0.4, 0.5) is 0 Å². The Morgan fingerprint density at radius 3 is 1.12 bits per heavy atom. The molecule has 0 saturated carbocycles. The van der Waals surface area contributed by atoms with E-state index in [1.54, 1.807) is 36.4 Å². The van der Waals surface area contributed by atoms with Crippen LogP contribution < -0.4 is 19.7 Å². The number of para-hydroxylation sites is 2. The van der Waals surface area contributed by atoms with E-state index in [9.17, 15) is 19.6 Å². The first kappa shape index (κ1) is 52.6. The van der Waals surface area contributed by atoms with Gasteiger partial charge in [0.2, 0.25) is 0 Å². The molecule has 6 rings (SSSR count). The molecule has 0 unspecified atom stereocenters. The zero-order valence-electron chi connectivity index (χ0n) is 37.2. The average molecular weight is 933 g/mol. The molecule has 348 valence electrons. The van der Waals surface area contributed by atoms with Crippen molar-refractivity contribution in [2.75, 3.05) is 12.3 Å². The molecule has 0 aliphatic rings. The van der Waals surface area contributed by atoms with Crippen LogP contribution >= 0.6 is 23.2 Å². The van der Waals surface area contributed by atoms with E-state index in [1.165, 1.54) is 61.1 Å². The second-order valence-corrected chi connectivity index (χ2v) is 23.5. The van der Waals surface area contributed by atoms with Crippen LogP contribution in [0.5, 0.6) is 11.5 Å². The quantitative estimate of drug-likeness (QED) is 0.0245. The monoisotopic (exact) mass is 932 g/mol. The zero-order valence-corrected chi connectivity index (χ0v) is 40.1. The summed E-state index contributed by atoms with van der Waals surface area (Å²) in [6, 6.07) is 56.3. The average Bonchev–Trinajstić information content (AvgIpc) is 3.30. The first-order chi connectivity index (χ1) is 30.8. The van der Waals surface area contributed by atoms with E-state index >= 15 is 0 Å². The van der Waals surface area contributed by atoms with Gasteiger partial charge in [0.1, 0.15) is 0 Å². The maximum atomic E-state index is 11.0. The molecule has 0 bridgehead atoms. The van der Waals surface area contributed by atoms with Gasteiger partial charge in [0.05, 0.1) is 0 Å². The first-order valence-electron chi connectivity index (χ1n) is 22.6. The predicted octanol–water partition coefficient (Wildman–Crippen LogP) is 11.5. The molecule has 0 atom stereocenters. The van der Waals surface area contributed by atoms with Crippen molar-refractivity contribution in [3.63, 3.8) is 0 Å². The summed E-state index contributed by atoms with van der Waals surface area (Å²) >= 11 is 0. The number of unbranched alkanes of at least 4 members (excludes halogenated alkanes) is 9. The fourth-order valence-corrected chi connectivity index (χ4v) is 11.7. The summed E-state index contributed by atoms with van der Waals surface area (Å²) in [7, 11) is -12.1. The second-order valence-electron chi connectivity index (χ2n) is 16.2. The molecular formula is C52H71O9P3. The predicted molar refractivity (Wildman–Crippen MR) is 271 cm³/mol. The molecule has 0 heterocycles. The van der Waals surface area contributed by atoms with E-state index < -0.39 is 23.2 Å². The van der Waals surface area contributed by atoms with Gasteiger partial charge >= 0.3 is 384 Å². The Morgan fingerprint density at radius 2 is 0.734 bits per heavy atom. The SMILES string of the molecule is CCCCCCCC[PH](O)(Oc1ccccc1)Oc1ccccc1.OP(O)(O)(c1ccccc1)c1ccccc1.O[PH](O)(O)CCCCCCCC(c1ccccc1)c1ccccc1. The van der Waals surface area contributed by atoms with Crippen molar-refractivity contribution in [3.05, 3.63) is 193 Å². The van der Waals surface area contributed by atoms with E-state index in [2.05, 4.69) is 67.6 Å². The van der Waals surface area contributed by atoms with Crippen molar-refractivity contribution in [2.24, 2.45) is 0 Å². The van der Waals surface area contributed by atoms with Crippen LogP contribution in [0.2, 0.25) is 0 Å². The van der Waals surface area contributed by atoms with Gasteiger partial charge in [-0.1, -0.05) is 0 Å². The molecule has 0 spiro atoms. The van der Waals surface area contributed by atoms with E-state index in [-0.39, 0.29) is 16.8 Å². The third-order valence-corrected chi connectivity index (χ3v) is 16.4. The van der Waals surface area contributed by atoms with Crippen molar-refractivity contribution in [3.8, 4) is 11.5 Å². The first-order valence-corrected chi connectivity index (χ1v) is 28.7. The molecule has 0 aliphatic carbocycles. The van der Waals surface area contributed by atoms with Crippen molar-refractivity contribution < 1.29 is 43.3 Å². The molecule has 0 amide bonds. The summed E-state index contributed by atoms with van der Waals surface area (Å²) in [4.78, 5) is 68.5. The van der Waals surface area contributed by atoms with Crippen LogP contribution in [0, 0.1) is 0 Å². The van der Waals surface area contributed by atoms with Crippen LogP contribution in [-0.4, -0.2) is 46.6 Å². The molecule has 6 aromatic carbocycles. The third kappa shape index (κ3) is 19.6. The van der Waals surface area contributed by atoms with Gasteiger partial charge in [-0.3, -0.25) is 0 Å². The summed E-state index contributed by atoms with van der Waals surface area (Å²) < 4.78 is 11.8. The van der Waals surface area contributed by atoms with E-state index in [4.69, 9.17) is 23.7 Å². The Labute approximate surface area is 382 Å². The Balaban J connectivity index is 0.000000215. The Hall–Kier alpha value is -4.07. The number of hydrogen-bond donors (Lipinski definition) is 7. The number of hydrogen-bond acceptors (Lipinski definition) is 9. The topological polar surface area (TPSA) is 160 Å². The van der Waals surface area contributed by atoms with Crippen molar-refractivity contribution in [1.29, 1.82) is 0 Å². The van der Waals surface area contributed by atoms with Gasteiger partial charge in [0.15, 0.2) is 0 Å². The van der Waals surface area contributed by atoms with Gasteiger partial charge in [-0.15, -0.1) is 0 Å². The van der Waals surface area contributed by atoms with Crippen LogP contribution in [0.3, 0.4) is 0 Å². The van der Waals surface area contributed by atoms with Crippen molar-refractivity contribution in [2.45, 2.75) is 89.9 Å². The van der Waals surface area contributed by atoms with Gasteiger partial charge in [-0.25, -0.2) is 0 Å². The van der Waals surface area contributed by atoms with E-state index in [1.807, 2.05) is 60.7 Å². The molecule has 0 aromatic heterocycles. The third-order valence-electron chi connectivity index (χ3n) is 10.8. The minimum absolute atomic E-state index is 0.139. The number of benzene rings is 6. The second kappa shape index (κ2) is 27.4. The summed E-state index contributed by atoms with van der Waals surface area (Å²) in [5.74, 6) is 1.75. The fourth-order valence-electron chi connectivity index (χ4n) is 7.29. The van der Waals surface area contributed by atoms with Crippen LogP contribution in [-0.2, 0) is 0 Å². The molecule has 0 saturated heterocycles. The molecule has 12 heteroatoms. The molecule has 0 aliphatic heterocycles.